The molecule has 1 N–H and O–H groups in total. The van der Waals surface area contributed by atoms with Crippen molar-refractivity contribution < 1.29 is 14.3 Å². The van der Waals surface area contributed by atoms with Gasteiger partial charge in [0.05, 0.1) is 17.7 Å². The van der Waals surface area contributed by atoms with Crippen molar-refractivity contribution >= 4 is 29.3 Å². The van der Waals surface area contributed by atoms with E-state index in [1.807, 2.05) is 24.3 Å². The molecule has 0 saturated heterocycles. The van der Waals surface area contributed by atoms with Crippen LogP contribution in [0.2, 0.25) is 5.02 Å². The molecule has 0 fully saturated rings. The van der Waals surface area contributed by atoms with E-state index in [9.17, 15) is 9.59 Å². The Morgan fingerprint density at radius 2 is 1.78 bits per heavy atom. The van der Waals surface area contributed by atoms with Crippen molar-refractivity contribution in [2.75, 3.05) is 12.4 Å². The Balaban J connectivity index is 1.70. The minimum atomic E-state index is -0.511. The summed E-state index contributed by atoms with van der Waals surface area (Å²) in [7, 11) is 1.29. The number of carbonyl (C=O) groups excluding carboxylic acids is 2. The standard InChI is InChI=1S/C17H15ClN2O3/c1-23-16(21)14-7-6-13(8-15(14)18)19-17(22)20-9-11-4-2-3-5-12(11)10-20/h2-8H,9-10H2,1H3,(H,19,22). The molecule has 0 saturated carbocycles. The number of methoxy groups -OCH3 is 1. The minimum Gasteiger partial charge on any atom is -0.465 e. The number of anilines is 1. The fraction of sp³-hybridized carbons (Fsp3) is 0.176. The molecular weight excluding hydrogens is 316 g/mol. The average Bonchev–Trinajstić information content (AvgIpc) is 2.98. The number of urea groups is 1. The van der Waals surface area contributed by atoms with Gasteiger partial charge in [0.25, 0.3) is 0 Å². The summed E-state index contributed by atoms with van der Waals surface area (Å²) in [6, 6.07) is 12.5. The van der Waals surface area contributed by atoms with E-state index in [0.717, 1.165) is 11.1 Å². The normalized spacial score (nSPS) is 12.7. The van der Waals surface area contributed by atoms with Gasteiger partial charge in [-0.25, -0.2) is 9.59 Å². The van der Waals surface area contributed by atoms with Gasteiger partial charge in [-0.1, -0.05) is 35.9 Å². The predicted octanol–water partition coefficient (Wildman–Crippen LogP) is 3.67. The molecule has 0 aromatic heterocycles. The highest BCUT2D eigenvalue weighted by atomic mass is 35.5. The third-order valence-corrected chi connectivity index (χ3v) is 4.07. The van der Waals surface area contributed by atoms with E-state index in [4.69, 9.17) is 11.6 Å². The Morgan fingerprint density at radius 1 is 1.13 bits per heavy atom. The fourth-order valence-electron chi connectivity index (χ4n) is 2.55. The zero-order valence-corrected chi connectivity index (χ0v) is 13.3. The summed E-state index contributed by atoms with van der Waals surface area (Å²) < 4.78 is 4.64. The number of nitrogens with zero attached hydrogens (tertiary/aromatic N) is 1. The van der Waals surface area contributed by atoms with Gasteiger partial charge in [0.15, 0.2) is 0 Å². The van der Waals surface area contributed by atoms with E-state index in [1.165, 1.54) is 19.2 Å². The second-order valence-electron chi connectivity index (χ2n) is 5.24. The molecule has 3 rings (SSSR count). The van der Waals surface area contributed by atoms with Gasteiger partial charge in [-0.3, -0.25) is 0 Å². The molecule has 23 heavy (non-hydrogen) atoms. The molecule has 1 aliphatic heterocycles. The lowest BCUT2D eigenvalue weighted by atomic mass is 10.1. The molecule has 0 atom stereocenters. The number of hydrogen-bond donors (Lipinski definition) is 1. The van der Waals surface area contributed by atoms with Crippen LogP contribution in [0.25, 0.3) is 0 Å². The van der Waals surface area contributed by atoms with Crippen molar-refractivity contribution in [3.63, 3.8) is 0 Å². The van der Waals surface area contributed by atoms with Gasteiger partial charge >= 0.3 is 12.0 Å². The summed E-state index contributed by atoms with van der Waals surface area (Å²) in [5.41, 5.74) is 3.10. The minimum absolute atomic E-state index is 0.205. The van der Waals surface area contributed by atoms with Crippen LogP contribution in [0.4, 0.5) is 10.5 Å². The van der Waals surface area contributed by atoms with E-state index < -0.39 is 5.97 Å². The van der Waals surface area contributed by atoms with Gasteiger partial charge in [-0.05, 0) is 29.3 Å². The van der Waals surface area contributed by atoms with Crippen LogP contribution in [0.15, 0.2) is 42.5 Å². The summed E-state index contributed by atoms with van der Waals surface area (Å²) in [6.07, 6.45) is 0. The molecule has 1 aliphatic rings. The number of benzene rings is 2. The van der Waals surface area contributed by atoms with E-state index in [2.05, 4.69) is 10.1 Å². The number of ether oxygens (including phenoxy) is 1. The molecule has 0 aliphatic carbocycles. The first kappa shape index (κ1) is 15.4. The van der Waals surface area contributed by atoms with Gasteiger partial charge < -0.3 is 15.0 Å². The first-order chi connectivity index (χ1) is 11.1. The highest BCUT2D eigenvalue weighted by Gasteiger charge is 2.23. The van der Waals surface area contributed by atoms with Crippen LogP contribution in [0.5, 0.6) is 0 Å². The number of nitrogens with one attached hydrogen (secondary N) is 1. The number of carbonyl (C=O) groups is 2. The molecule has 0 spiro atoms. The number of fused-ring (bicyclic) bond motifs is 1. The Labute approximate surface area is 138 Å². The lowest BCUT2D eigenvalue weighted by Crippen LogP contribution is -2.30. The zero-order valence-electron chi connectivity index (χ0n) is 12.5. The number of rotatable bonds is 2. The van der Waals surface area contributed by atoms with Crippen LogP contribution in [0.1, 0.15) is 21.5 Å². The SMILES string of the molecule is COC(=O)c1ccc(NC(=O)N2Cc3ccccc3C2)cc1Cl. The molecule has 2 amide bonds. The Kier molecular flexibility index (Phi) is 4.21. The maximum Gasteiger partial charge on any atom is 0.339 e. The molecule has 6 heteroatoms. The topological polar surface area (TPSA) is 58.6 Å². The number of amides is 2. The van der Waals surface area contributed by atoms with E-state index in [0.29, 0.717) is 18.8 Å². The first-order valence-corrected chi connectivity index (χ1v) is 7.47. The monoisotopic (exact) mass is 330 g/mol. The van der Waals surface area contributed by atoms with Crippen LogP contribution in [-0.2, 0) is 17.8 Å². The van der Waals surface area contributed by atoms with E-state index in [1.54, 1.807) is 11.0 Å². The molecule has 0 radical (unpaired) electrons. The van der Waals surface area contributed by atoms with Crippen LogP contribution in [0.3, 0.4) is 0 Å². The smallest absolute Gasteiger partial charge is 0.339 e. The Bertz CT molecular complexity index is 751. The summed E-state index contributed by atoms with van der Waals surface area (Å²) in [4.78, 5) is 25.6. The molecule has 118 valence electrons. The zero-order chi connectivity index (χ0) is 16.4. The average molecular weight is 331 g/mol. The third-order valence-electron chi connectivity index (χ3n) is 3.75. The van der Waals surface area contributed by atoms with Gasteiger partial charge in [-0.15, -0.1) is 0 Å². The molecule has 1 heterocycles. The van der Waals surface area contributed by atoms with Gasteiger partial charge in [0.1, 0.15) is 0 Å². The van der Waals surface area contributed by atoms with Crippen LogP contribution < -0.4 is 5.32 Å². The van der Waals surface area contributed by atoms with Crippen molar-refractivity contribution in [3.05, 3.63) is 64.2 Å². The number of hydrogen-bond acceptors (Lipinski definition) is 3. The maximum absolute atomic E-state index is 12.3. The van der Waals surface area contributed by atoms with Crippen LogP contribution in [-0.4, -0.2) is 24.0 Å². The molecule has 0 unspecified atom stereocenters. The molecule has 2 aromatic carbocycles. The maximum atomic E-state index is 12.3. The lowest BCUT2D eigenvalue weighted by molar-refractivity contribution is 0.0601. The fourth-order valence-corrected chi connectivity index (χ4v) is 2.81. The molecule has 0 bridgehead atoms. The van der Waals surface area contributed by atoms with Gasteiger partial charge in [0.2, 0.25) is 0 Å². The van der Waals surface area contributed by atoms with E-state index in [-0.39, 0.29) is 16.6 Å². The van der Waals surface area contributed by atoms with Crippen molar-refractivity contribution in [1.82, 2.24) is 4.90 Å². The quantitative estimate of drug-likeness (QED) is 0.855. The first-order valence-electron chi connectivity index (χ1n) is 7.09. The van der Waals surface area contributed by atoms with E-state index >= 15 is 0 Å². The highest BCUT2D eigenvalue weighted by molar-refractivity contribution is 6.33. The molecular formula is C17H15ClN2O3. The second-order valence-corrected chi connectivity index (χ2v) is 5.65. The lowest BCUT2D eigenvalue weighted by Gasteiger charge is -2.16. The Hall–Kier alpha value is -2.53. The predicted molar refractivity (Wildman–Crippen MR) is 87.5 cm³/mol. The highest BCUT2D eigenvalue weighted by Crippen LogP contribution is 2.25. The van der Waals surface area contributed by atoms with Crippen LogP contribution >= 0.6 is 11.6 Å². The summed E-state index contributed by atoms with van der Waals surface area (Å²) in [5.74, 6) is -0.511. The number of halogens is 1. The van der Waals surface area contributed by atoms with Crippen LogP contribution in [0, 0.1) is 0 Å². The summed E-state index contributed by atoms with van der Waals surface area (Å²) in [5, 5.41) is 3.03. The third kappa shape index (κ3) is 3.14. The van der Waals surface area contributed by atoms with Crippen molar-refractivity contribution in [2.24, 2.45) is 0 Å². The van der Waals surface area contributed by atoms with Crippen molar-refractivity contribution in [3.8, 4) is 0 Å². The second kappa shape index (κ2) is 6.30. The number of esters is 1. The van der Waals surface area contributed by atoms with Gasteiger partial charge in [0, 0.05) is 18.8 Å². The summed E-state index contributed by atoms with van der Waals surface area (Å²) in [6.45, 7) is 1.16. The summed E-state index contributed by atoms with van der Waals surface area (Å²) >= 11 is 6.05. The van der Waals surface area contributed by atoms with Crippen molar-refractivity contribution in [1.29, 1.82) is 0 Å². The Morgan fingerprint density at radius 3 is 2.35 bits per heavy atom. The largest absolute Gasteiger partial charge is 0.465 e. The van der Waals surface area contributed by atoms with Crippen molar-refractivity contribution in [2.45, 2.75) is 13.1 Å². The van der Waals surface area contributed by atoms with Gasteiger partial charge in [-0.2, -0.15) is 0 Å². The molecule has 5 nitrogen and oxygen atoms in total. The molecule has 2 aromatic rings.